The second-order valence-corrected chi connectivity index (χ2v) is 4.23. The molecule has 0 aliphatic heterocycles. The molecule has 3 heteroatoms. The van der Waals surface area contributed by atoms with Gasteiger partial charge in [-0.1, -0.05) is 26.7 Å². The molecule has 1 unspecified atom stereocenters. The van der Waals surface area contributed by atoms with E-state index in [0.29, 0.717) is 6.04 Å². The van der Waals surface area contributed by atoms with Gasteiger partial charge in [-0.05, 0) is 33.0 Å². The van der Waals surface area contributed by atoms with Crippen LogP contribution in [0.25, 0.3) is 0 Å². The van der Waals surface area contributed by atoms with Crippen LogP contribution in [-0.4, -0.2) is 44.2 Å². The summed E-state index contributed by atoms with van der Waals surface area (Å²) in [6.45, 7) is 8.74. The van der Waals surface area contributed by atoms with E-state index >= 15 is 0 Å². The van der Waals surface area contributed by atoms with Crippen molar-refractivity contribution >= 4 is 0 Å². The highest BCUT2D eigenvalue weighted by atomic mass is 15.1. The minimum absolute atomic E-state index is 0.443. The van der Waals surface area contributed by atoms with Crippen LogP contribution >= 0.6 is 0 Å². The number of rotatable bonds is 10. The summed E-state index contributed by atoms with van der Waals surface area (Å²) in [5.41, 5.74) is 5.70. The Balaban J connectivity index is 3.86. The zero-order valence-electron chi connectivity index (χ0n) is 10.8. The fourth-order valence-electron chi connectivity index (χ4n) is 1.65. The highest BCUT2D eigenvalue weighted by molar-refractivity contribution is 4.71. The molecule has 0 fully saturated rings. The normalized spacial score (nSPS) is 13.4. The quantitative estimate of drug-likeness (QED) is 0.579. The first kappa shape index (κ1) is 14.9. The van der Waals surface area contributed by atoms with Gasteiger partial charge in [-0.25, -0.2) is 0 Å². The van der Waals surface area contributed by atoms with Crippen LogP contribution in [0.5, 0.6) is 0 Å². The van der Waals surface area contributed by atoms with Gasteiger partial charge in [0.15, 0.2) is 0 Å². The summed E-state index contributed by atoms with van der Waals surface area (Å²) in [7, 11) is 2.00. The topological polar surface area (TPSA) is 41.3 Å². The minimum atomic E-state index is 0.443. The van der Waals surface area contributed by atoms with Gasteiger partial charge in [-0.15, -0.1) is 0 Å². The minimum Gasteiger partial charge on any atom is -0.329 e. The lowest BCUT2D eigenvalue weighted by atomic mass is 10.2. The smallest absolute Gasteiger partial charge is 0.0315 e. The lowest BCUT2D eigenvalue weighted by molar-refractivity contribution is 0.240. The van der Waals surface area contributed by atoms with Gasteiger partial charge in [0.1, 0.15) is 0 Å². The summed E-state index contributed by atoms with van der Waals surface area (Å²) in [4.78, 5) is 2.54. The predicted molar refractivity (Wildman–Crippen MR) is 68.2 cm³/mol. The third-order valence-electron chi connectivity index (χ3n) is 2.83. The Morgan fingerprint density at radius 1 is 1.13 bits per heavy atom. The van der Waals surface area contributed by atoms with Gasteiger partial charge in [-0.3, -0.25) is 0 Å². The number of hydrogen-bond acceptors (Lipinski definition) is 3. The molecule has 15 heavy (non-hydrogen) atoms. The molecule has 0 rings (SSSR count). The number of hydrogen-bond donors (Lipinski definition) is 2. The summed E-state index contributed by atoms with van der Waals surface area (Å²) >= 11 is 0. The van der Waals surface area contributed by atoms with Crippen molar-refractivity contribution in [1.29, 1.82) is 0 Å². The second kappa shape index (κ2) is 10.4. The van der Waals surface area contributed by atoms with E-state index in [2.05, 4.69) is 24.1 Å². The van der Waals surface area contributed by atoms with E-state index in [1.807, 2.05) is 7.05 Å². The van der Waals surface area contributed by atoms with Gasteiger partial charge in [0.05, 0.1) is 0 Å². The van der Waals surface area contributed by atoms with Crippen molar-refractivity contribution in [3.05, 3.63) is 0 Å². The van der Waals surface area contributed by atoms with Crippen molar-refractivity contribution in [2.45, 2.75) is 45.6 Å². The van der Waals surface area contributed by atoms with Gasteiger partial charge in [0.2, 0.25) is 0 Å². The van der Waals surface area contributed by atoms with Gasteiger partial charge < -0.3 is 16.0 Å². The van der Waals surface area contributed by atoms with Crippen molar-refractivity contribution in [2.24, 2.45) is 5.73 Å². The van der Waals surface area contributed by atoms with E-state index in [0.717, 1.165) is 13.1 Å². The Morgan fingerprint density at radius 2 is 1.67 bits per heavy atom. The summed E-state index contributed by atoms with van der Waals surface area (Å²) in [5.74, 6) is 0. The summed E-state index contributed by atoms with van der Waals surface area (Å²) in [6.07, 6.45) is 5.14. The molecular weight excluding hydrogens is 186 g/mol. The van der Waals surface area contributed by atoms with E-state index in [-0.39, 0.29) is 0 Å². The number of nitrogens with two attached hydrogens (primary N) is 1. The van der Waals surface area contributed by atoms with Crippen molar-refractivity contribution in [3.63, 3.8) is 0 Å². The SMILES string of the molecule is CCCCN(CCCC)CC(CN)NC. The molecule has 0 heterocycles. The largest absolute Gasteiger partial charge is 0.329 e. The third-order valence-corrected chi connectivity index (χ3v) is 2.83. The van der Waals surface area contributed by atoms with Crippen molar-refractivity contribution in [2.75, 3.05) is 33.2 Å². The Hall–Kier alpha value is -0.120. The highest BCUT2D eigenvalue weighted by Gasteiger charge is 2.10. The molecule has 0 saturated carbocycles. The zero-order chi connectivity index (χ0) is 11.5. The van der Waals surface area contributed by atoms with Crippen LogP contribution in [0.3, 0.4) is 0 Å². The summed E-state index contributed by atoms with van der Waals surface area (Å²) in [6, 6.07) is 0.443. The average Bonchev–Trinajstić information content (AvgIpc) is 2.28. The molecular formula is C12H29N3. The number of likely N-dealkylation sites (N-methyl/N-ethyl adjacent to an activating group) is 1. The predicted octanol–water partition coefficient (Wildman–Crippen LogP) is 1.44. The molecule has 0 bridgehead atoms. The molecule has 3 N–H and O–H groups in total. The first-order chi connectivity index (χ1) is 7.28. The second-order valence-electron chi connectivity index (χ2n) is 4.23. The number of nitrogens with zero attached hydrogens (tertiary/aromatic N) is 1. The molecule has 0 amide bonds. The lowest BCUT2D eigenvalue weighted by Gasteiger charge is -2.26. The van der Waals surface area contributed by atoms with Gasteiger partial charge in [0.25, 0.3) is 0 Å². The van der Waals surface area contributed by atoms with Crippen LogP contribution in [0, 0.1) is 0 Å². The van der Waals surface area contributed by atoms with Crippen LogP contribution in [0.15, 0.2) is 0 Å². The molecule has 0 spiro atoms. The molecule has 0 aromatic heterocycles. The molecule has 0 aromatic rings. The zero-order valence-corrected chi connectivity index (χ0v) is 10.8. The molecule has 1 atom stereocenters. The van der Waals surface area contributed by atoms with Crippen LogP contribution < -0.4 is 11.1 Å². The van der Waals surface area contributed by atoms with E-state index < -0.39 is 0 Å². The molecule has 0 aromatic carbocycles. The van der Waals surface area contributed by atoms with Gasteiger partial charge >= 0.3 is 0 Å². The maximum atomic E-state index is 5.70. The molecule has 3 nitrogen and oxygen atoms in total. The van der Waals surface area contributed by atoms with E-state index in [1.54, 1.807) is 0 Å². The van der Waals surface area contributed by atoms with Crippen LogP contribution in [0.4, 0.5) is 0 Å². The van der Waals surface area contributed by atoms with Gasteiger partial charge in [-0.2, -0.15) is 0 Å². The summed E-state index contributed by atoms with van der Waals surface area (Å²) < 4.78 is 0. The fraction of sp³-hybridized carbons (Fsp3) is 1.00. The average molecular weight is 215 g/mol. The number of nitrogens with one attached hydrogen (secondary N) is 1. The van der Waals surface area contributed by atoms with Crippen LogP contribution in [-0.2, 0) is 0 Å². The maximum Gasteiger partial charge on any atom is 0.0315 e. The van der Waals surface area contributed by atoms with Crippen molar-refractivity contribution in [1.82, 2.24) is 10.2 Å². The van der Waals surface area contributed by atoms with Crippen molar-refractivity contribution < 1.29 is 0 Å². The molecule has 0 aliphatic rings. The highest BCUT2D eigenvalue weighted by Crippen LogP contribution is 2.00. The number of unbranched alkanes of at least 4 members (excludes halogenated alkanes) is 2. The van der Waals surface area contributed by atoms with E-state index in [1.165, 1.54) is 38.8 Å². The molecule has 0 saturated heterocycles. The molecule has 92 valence electrons. The fourth-order valence-corrected chi connectivity index (χ4v) is 1.65. The Labute approximate surface area is 95.4 Å². The molecule has 0 aliphatic carbocycles. The van der Waals surface area contributed by atoms with Crippen LogP contribution in [0.1, 0.15) is 39.5 Å². The Morgan fingerprint density at radius 3 is 2.00 bits per heavy atom. The van der Waals surface area contributed by atoms with Gasteiger partial charge in [0, 0.05) is 19.1 Å². The monoisotopic (exact) mass is 215 g/mol. The van der Waals surface area contributed by atoms with E-state index in [9.17, 15) is 0 Å². The third kappa shape index (κ3) is 7.77. The van der Waals surface area contributed by atoms with Crippen LogP contribution in [0.2, 0.25) is 0 Å². The van der Waals surface area contributed by atoms with E-state index in [4.69, 9.17) is 5.73 Å². The first-order valence-electron chi connectivity index (χ1n) is 6.38. The van der Waals surface area contributed by atoms with Crippen molar-refractivity contribution in [3.8, 4) is 0 Å². The standard InChI is InChI=1S/C12H29N3/c1-4-6-8-15(9-7-5-2)11-12(10-13)14-3/h12,14H,4-11,13H2,1-3H3. The lowest BCUT2D eigenvalue weighted by Crippen LogP contribution is -2.44. The summed E-state index contributed by atoms with van der Waals surface area (Å²) in [5, 5.41) is 3.27. The molecule has 0 radical (unpaired) electrons. The maximum absolute atomic E-state index is 5.70. The Bertz CT molecular complexity index is 116. The Kier molecular flexibility index (Phi) is 10.3. The first-order valence-corrected chi connectivity index (χ1v) is 6.38.